The predicted molar refractivity (Wildman–Crippen MR) is 117 cm³/mol. The molecule has 1 amide bonds. The van der Waals surface area contributed by atoms with Crippen LogP contribution in [0.2, 0.25) is 0 Å². The second kappa shape index (κ2) is 8.10. The van der Waals surface area contributed by atoms with Gasteiger partial charge in [-0.3, -0.25) is 9.48 Å². The zero-order valence-electron chi connectivity index (χ0n) is 18.1. The van der Waals surface area contributed by atoms with Gasteiger partial charge < -0.3 is 10.1 Å². The van der Waals surface area contributed by atoms with Crippen LogP contribution in [0.15, 0.2) is 48.7 Å². The normalized spacial score (nSPS) is 16.7. The Morgan fingerprint density at radius 3 is 2.45 bits per heavy atom. The van der Waals surface area contributed by atoms with Gasteiger partial charge in [0.05, 0.1) is 23.2 Å². The van der Waals surface area contributed by atoms with Crippen molar-refractivity contribution < 1.29 is 23.1 Å². The van der Waals surface area contributed by atoms with Crippen molar-refractivity contribution in [2.45, 2.75) is 50.5 Å². The highest BCUT2D eigenvalue weighted by Crippen LogP contribution is 2.50. The predicted octanol–water partition coefficient (Wildman–Crippen LogP) is 5.08. The highest BCUT2D eigenvalue weighted by atomic mass is 19.1. The lowest BCUT2D eigenvalue weighted by Gasteiger charge is -2.25. The Hall–Kier alpha value is -3.55. The SMILES string of the molecule is Cc1nn(C2CCC2)cc1OC(=O)c1cccc(NC(=O)C2(c3c(F)cccc3F)CC2)c1. The van der Waals surface area contributed by atoms with E-state index in [-0.39, 0.29) is 11.1 Å². The number of ether oxygens (including phenoxy) is 1. The first-order chi connectivity index (χ1) is 15.9. The maximum absolute atomic E-state index is 14.3. The van der Waals surface area contributed by atoms with Crippen molar-refractivity contribution in [3.8, 4) is 5.75 Å². The van der Waals surface area contributed by atoms with Crippen molar-refractivity contribution in [1.82, 2.24) is 9.78 Å². The number of nitrogens with one attached hydrogen (secondary N) is 1. The minimum Gasteiger partial charge on any atom is -0.419 e. The lowest BCUT2D eigenvalue weighted by atomic mass is 9.93. The van der Waals surface area contributed by atoms with E-state index in [1.54, 1.807) is 31.3 Å². The highest BCUT2D eigenvalue weighted by molar-refractivity contribution is 6.02. The Kier molecular flexibility index (Phi) is 5.23. The molecule has 3 aromatic rings. The number of esters is 1. The van der Waals surface area contributed by atoms with Crippen molar-refractivity contribution in [2.24, 2.45) is 0 Å². The van der Waals surface area contributed by atoms with Crippen molar-refractivity contribution in [2.75, 3.05) is 5.32 Å². The number of anilines is 1. The summed E-state index contributed by atoms with van der Waals surface area (Å²) in [6.07, 6.45) is 5.74. The smallest absolute Gasteiger partial charge is 0.343 e. The van der Waals surface area contributed by atoms with Gasteiger partial charge in [0.25, 0.3) is 0 Å². The fraction of sp³-hybridized carbons (Fsp3) is 0.320. The number of aromatic nitrogens is 2. The van der Waals surface area contributed by atoms with Crippen LogP contribution in [0.3, 0.4) is 0 Å². The average Bonchev–Trinajstić information content (AvgIpc) is 3.46. The van der Waals surface area contributed by atoms with E-state index in [2.05, 4.69) is 10.4 Å². The van der Waals surface area contributed by atoms with E-state index >= 15 is 0 Å². The molecule has 2 aromatic carbocycles. The third kappa shape index (κ3) is 3.90. The second-order valence-corrected chi connectivity index (χ2v) is 8.75. The van der Waals surface area contributed by atoms with Crippen LogP contribution in [0.4, 0.5) is 14.5 Å². The molecule has 2 fully saturated rings. The number of hydrogen-bond donors (Lipinski definition) is 1. The minimum absolute atomic E-state index is 0.211. The van der Waals surface area contributed by atoms with Crippen LogP contribution in [0, 0.1) is 18.6 Å². The topological polar surface area (TPSA) is 73.2 Å². The minimum atomic E-state index is -1.24. The quantitative estimate of drug-likeness (QED) is 0.530. The molecule has 0 radical (unpaired) electrons. The number of halogens is 2. The third-order valence-electron chi connectivity index (χ3n) is 6.51. The largest absolute Gasteiger partial charge is 0.419 e. The van der Waals surface area contributed by atoms with Crippen molar-refractivity contribution in [3.63, 3.8) is 0 Å². The molecule has 0 aliphatic heterocycles. The highest BCUT2D eigenvalue weighted by Gasteiger charge is 2.54. The molecule has 1 N–H and O–H groups in total. The number of rotatable bonds is 6. The molecule has 33 heavy (non-hydrogen) atoms. The Morgan fingerprint density at radius 2 is 1.82 bits per heavy atom. The summed E-state index contributed by atoms with van der Waals surface area (Å²) in [6, 6.07) is 10.2. The van der Waals surface area contributed by atoms with E-state index < -0.39 is 28.9 Å². The summed E-state index contributed by atoms with van der Waals surface area (Å²) in [4.78, 5) is 25.7. The summed E-state index contributed by atoms with van der Waals surface area (Å²) in [5.41, 5.74) is -0.233. The first-order valence-electron chi connectivity index (χ1n) is 11.0. The van der Waals surface area contributed by atoms with E-state index in [4.69, 9.17) is 4.74 Å². The molecule has 0 spiro atoms. The number of nitrogens with zero attached hydrogens (tertiary/aromatic N) is 2. The first kappa shape index (κ1) is 21.3. The lowest BCUT2D eigenvalue weighted by molar-refractivity contribution is -0.118. The molecule has 1 heterocycles. The molecule has 6 nitrogen and oxygen atoms in total. The van der Waals surface area contributed by atoms with Crippen molar-refractivity contribution in [1.29, 1.82) is 0 Å². The molecule has 0 atom stereocenters. The molecular weight excluding hydrogens is 428 g/mol. The number of hydrogen-bond acceptors (Lipinski definition) is 4. The summed E-state index contributed by atoms with van der Waals surface area (Å²) in [7, 11) is 0. The van der Waals surface area contributed by atoms with Crippen LogP contribution >= 0.6 is 0 Å². The molecule has 0 bridgehead atoms. The fourth-order valence-electron chi connectivity index (χ4n) is 4.21. The summed E-state index contributed by atoms with van der Waals surface area (Å²) in [5.74, 6) is -2.16. The van der Waals surface area contributed by atoms with E-state index in [1.807, 2.05) is 4.68 Å². The van der Waals surface area contributed by atoms with Crippen LogP contribution in [0.25, 0.3) is 0 Å². The van der Waals surface area contributed by atoms with Crippen molar-refractivity contribution in [3.05, 3.63) is 77.1 Å². The summed E-state index contributed by atoms with van der Waals surface area (Å²) in [5, 5.41) is 7.14. The van der Waals surface area contributed by atoms with E-state index in [9.17, 15) is 18.4 Å². The van der Waals surface area contributed by atoms with Crippen LogP contribution in [0.5, 0.6) is 5.75 Å². The molecule has 170 valence electrons. The maximum atomic E-state index is 14.3. The van der Waals surface area contributed by atoms with Gasteiger partial charge in [-0.15, -0.1) is 0 Å². The molecule has 0 saturated heterocycles. The Balaban J connectivity index is 1.31. The van der Waals surface area contributed by atoms with Gasteiger partial charge in [0.15, 0.2) is 5.75 Å². The van der Waals surface area contributed by atoms with E-state index in [0.29, 0.717) is 36.0 Å². The van der Waals surface area contributed by atoms with Gasteiger partial charge in [-0.05, 0) is 69.4 Å². The number of carbonyl (C=O) groups is 2. The molecular formula is C25H23F2N3O3. The molecule has 2 saturated carbocycles. The first-order valence-corrected chi connectivity index (χ1v) is 11.0. The Morgan fingerprint density at radius 1 is 1.12 bits per heavy atom. The fourth-order valence-corrected chi connectivity index (χ4v) is 4.21. The second-order valence-electron chi connectivity index (χ2n) is 8.75. The molecule has 2 aliphatic carbocycles. The monoisotopic (exact) mass is 451 g/mol. The van der Waals surface area contributed by atoms with Gasteiger partial charge in [-0.1, -0.05) is 12.1 Å². The molecule has 8 heteroatoms. The van der Waals surface area contributed by atoms with E-state index in [1.165, 1.54) is 18.6 Å². The Bertz CT molecular complexity index is 1230. The molecule has 0 unspecified atom stereocenters. The average molecular weight is 451 g/mol. The third-order valence-corrected chi connectivity index (χ3v) is 6.51. The maximum Gasteiger partial charge on any atom is 0.343 e. The summed E-state index contributed by atoms with van der Waals surface area (Å²) in [6.45, 7) is 1.78. The van der Waals surface area contributed by atoms with E-state index in [0.717, 1.165) is 25.0 Å². The molecule has 2 aliphatic rings. The number of carbonyl (C=O) groups excluding carboxylic acids is 2. The van der Waals surface area contributed by atoms with Gasteiger partial charge in [0, 0.05) is 11.3 Å². The van der Waals surface area contributed by atoms with Gasteiger partial charge in [-0.25, -0.2) is 13.6 Å². The molecule has 1 aromatic heterocycles. The van der Waals surface area contributed by atoms with Gasteiger partial charge in [-0.2, -0.15) is 5.10 Å². The van der Waals surface area contributed by atoms with Crippen LogP contribution < -0.4 is 10.1 Å². The Labute approximate surface area is 189 Å². The van der Waals surface area contributed by atoms with Crippen LogP contribution in [-0.4, -0.2) is 21.7 Å². The zero-order chi connectivity index (χ0) is 23.2. The number of aryl methyl sites for hydroxylation is 1. The molecule has 5 rings (SSSR count). The van der Waals surface area contributed by atoms with Gasteiger partial charge >= 0.3 is 5.97 Å². The summed E-state index contributed by atoms with van der Waals surface area (Å²) >= 11 is 0. The number of amides is 1. The summed E-state index contributed by atoms with van der Waals surface area (Å²) < 4.78 is 35.9. The van der Waals surface area contributed by atoms with Crippen LogP contribution in [-0.2, 0) is 10.2 Å². The van der Waals surface area contributed by atoms with Crippen LogP contribution in [0.1, 0.15) is 59.8 Å². The zero-order valence-corrected chi connectivity index (χ0v) is 18.1. The number of benzene rings is 2. The van der Waals surface area contributed by atoms with Gasteiger partial charge in [0.2, 0.25) is 5.91 Å². The van der Waals surface area contributed by atoms with Gasteiger partial charge in [0.1, 0.15) is 17.3 Å². The lowest BCUT2D eigenvalue weighted by Crippen LogP contribution is -2.29. The standard InChI is InChI=1S/C25H23F2N3O3/c1-15-21(14-30(29-15)18-7-3-8-18)33-23(31)16-5-2-6-17(13-16)28-24(32)25(11-12-25)22-19(26)9-4-10-20(22)27/h2,4-6,9-10,13-14,18H,3,7-8,11-12H2,1H3,(H,28,32). The van der Waals surface area contributed by atoms with Crippen molar-refractivity contribution >= 4 is 17.6 Å².